The largest absolute Gasteiger partial charge is 0.495 e. The molecule has 3 aromatic carbocycles. The van der Waals surface area contributed by atoms with Crippen LogP contribution in [0.1, 0.15) is 21.5 Å². The molecule has 0 saturated heterocycles. The highest BCUT2D eigenvalue weighted by Gasteiger charge is 2.22. The van der Waals surface area contributed by atoms with E-state index >= 15 is 0 Å². The molecule has 3 aromatic rings. The van der Waals surface area contributed by atoms with E-state index in [9.17, 15) is 13.2 Å². The molecule has 6 nitrogen and oxygen atoms in total. The molecule has 0 heterocycles. The minimum atomic E-state index is -4.06. The number of halogens is 1. The monoisotopic (exact) mass is 444 g/mol. The maximum Gasteiger partial charge on any atom is 0.263 e. The van der Waals surface area contributed by atoms with Gasteiger partial charge in [0.15, 0.2) is 0 Å². The number of amides is 1. The van der Waals surface area contributed by atoms with Crippen molar-refractivity contribution in [1.82, 2.24) is 0 Å². The van der Waals surface area contributed by atoms with Gasteiger partial charge in [-0.3, -0.25) is 9.52 Å². The summed E-state index contributed by atoms with van der Waals surface area (Å²) in [4.78, 5) is 12.5. The standard InChI is InChI=1S/C22H21ClN2O4S/c1-14-7-6-9-18(15(14)2)24-22(26)16-11-12-17(23)21(13-16)30(27,28)25-19-8-4-5-10-20(19)29-3/h4-13,25H,1-3H3,(H,24,26). The zero-order chi connectivity index (χ0) is 21.9. The topological polar surface area (TPSA) is 84.5 Å². The molecular weight excluding hydrogens is 424 g/mol. The highest BCUT2D eigenvalue weighted by molar-refractivity contribution is 7.92. The summed E-state index contributed by atoms with van der Waals surface area (Å²) in [5.74, 6) is -0.0740. The van der Waals surface area contributed by atoms with E-state index in [4.69, 9.17) is 16.3 Å². The van der Waals surface area contributed by atoms with Gasteiger partial charge in [-0.05, 0) is 61.4 Å². The van der Waals surface area contributed by atoms with Crippen molar-refractivity contribution < 1.29 is 17.9 Å². The van der Waals surface area contributed by atoms with Gasteiger partial charge in [0.2, 0.25) is 0 Å². The van der Waals surface area contributed by atoms with Crippen LogP contribution in [0.4, 0.5) is 11.4 Å². The smallest absolute Gasteiger partial charge is 0.263 e. The zero-order valence-electron chi connectivity index (χ0n) is 16.7. The second-order valence-corrected chi connectivity index (χ2v) is 8.71. The molecule has 0 radical (unpaired) electrons. The fourth-order valence-corrected chi connectivity index (χ4v) is 4.46. The van der Waals surface area contributed by atoms with Crippen LogP contribution < -0.4 is 14.8 Å². The van der Waals surface area contributed by atoms with Gasteiger partial charge in [-0.15, -0.1) is 0 Å². The summed E-state index contributed by atoms with van der Waals surface area (Å²) < 4.78 is 33.5. The first kappa shape index (κ1) is 21.7. The van der Waals surface area contributed by atoms with Gasteiger partial charge in [-0.25, -0.2) is 8.42 Å². The van der Waals surface area contributed by atoms with Crippen molar-refractivity contribution in [2.24, 2.45) is 0 Å². The highest BCUT2D eigenvalue weighted by atomic mass is 35.5. The number of anilines is 2. The third-order valence-electron chi connectivity index (χ3n) is 4.69. The van der Waals surface area contributed by atoms with E-state index in [0.29, 0.717) is 11.4 Å². The first-order chi connectivity index (χ1) is 14.2. The lowest BCUT2D eigenvalue weighted by Crippen LogP contribution is -2.17. The van der Waals surface area contributed by atoms with Crippen molar-refractivity contribution in [3.8, 4) is 5.75 Å². The number of hydrogen-bond acceptors (Lipinski definition) is 4. The quantitative estimate of drug-likeness (QED) is 0.559. The van der Waals surface area contributed by atoms with Gasteiger partial charge in [0, 0.05) is 11.3 Å². The Hall–Kier alpha value is -3.03. The van der Waals surface area contributed by atoms with Gasteiger partial charge in [0.05, 0.1) is 17.8 Å². The normalized spacial score (nSPS) is 11.1. The third-order valence-corrected chi connectivity index (χ3v) is 6.53. The van der Waals surface area contributed by atoms with Crippen molar-refractivity contribution in [3.63, 3.8) is 0 Å². The lowest BCUT2D eigenvalue weighted by molar-refractivity contribution is 0.102. The Labute approximate surface area is 180 Å². The summed E-state index contributed by atoms with van der Waals surface area (Å²) in [5, 5.41) is 2.82. The average molecular weight is 445 g/mol. The van der Waals surface area contributed by atoms with Gasteiger partial charge in [-0.1, -0.05) is 35.9 Å². The number of carbonyl (C=O) groups excluding carboxylic acids is 1. The summed E-state index contributed by atoms with van der Waals surface area (Å²) in [5.41, 5.74) is 3.06. The van der Waals surface area contributed by atoms with Crippen LogP contribution in [0, 0.1) is 13.8 Å². The maximum atomic E-state index is 12.9. The molecule has 0 fully saturated rings. The minimum Gasteiger partial charge on any atom is -0.495 e. The fraction of sp³-hybridized carbons (Fsp3) is 0.136. The molecule has 0 aliphatic rings. The molecule has 2 N–H and O–H groups in total. The molecule has 0 aliphatic carbocycles. The number of aryl methyl sites for hydroxylation is 1. The summed E-state index contributed by atoms with van der Waals surface area (Å²) in [7, 11) is -2.62. The summed E-state index contributed by atoms with van der Waals surface area (Å²) in [6.07, 6.45) is 0. The van der Waals surface area contributed by atoms with Crippen LogP contribution in [-0.2, 0) is 10.0 Å². The lowest BCUT2D eigenvalue weighted by Gasteiger charge is -2.14. The molecule has 0 spiro atoms. The molecule has 0 aromatic heterocycles. The van der Waals surface area contributed by atoms with E-state index in [0.717, 1.165) is 11.1 Å². The lowest BCUT2D eigenvalue weighted by atomic mass is 10.1. The van der Waals surface area contributed by atoms with Crippen LogP contribution in [0.15, 0.2) is 65.6 Å². The molecule has 0 saturated carbocycles. The number of para-hydroxylation sites is 2. The molecule has 0 aliphatic heterocycles. The van der Waals surface area contributed by atoms with Crippen LogP contribution in [0.5, 0.6) is 5.75 Å². The number of carbonyl (C=O) groups is 1. The summed E-state index contributed by atoms with van der Waals surface area (Å²) in [6.45, 7) is 3.85. The Bertz CT molecular complexity index is 1210. The Morgan fingerprint density at radius 1 is 0.967 bits per heavy atom. The van der Waals surface area contributed by atoms with Crippen LogP contribution in [0.3, 0.4) is 0 Å². The molecule has 8 heteroatoms. The molecule has 3 rings (SSSR count). The van der Waals surface area contributed by atoms with E-state index in [1.165, 1.54) is 25.3 Å². The predicted molar refractivity (Wildman–Crippen MR) is 119 cm³/mol. The second-order valence-electron chi connectivity index (χ2n) is 6.65. The van der Waals surface area contributed by atoms with Gasteiger partial charge < -0.3 is 10.1 Å². The number of hydrogen-bond donors (Lipinski definition) is 2. The third kappa shape index (κ3) is 4.58. The number of ether oxygens (including phenoxy) is 1. The predicted octanol–water partition coefficient (Wildman–Crippen LogP) is 5.02. The van der Waals surface area contributed by atoms with Crippen LogP contribution >= 0.6 is 11.6 Å². The molecule has 0 atom stereocenters. The van der Waals surface area contributed by atoms with Crippen LogP contribution in [0.25, 0.3) is 0 Å². The van der Waals surface area contributed by atoms with Crippen LogP contribution in [0.2, 0.25) is 5.02 Å². The van der Waals surface area contributed by atoms with Gasteiger partial charge in [-0.2, -0.15) is 0 Å². The number of methoxy groups -OCH3 is 1. The Kier molecular flexibility index (Phi) is 6.34. The number of rotatable bonds is 6. The first-order valence-electron chi connectivity index (χ1n) is 9.06. The average Bonchev–Trinajstić information content (AvgIpc) is 2.71. The molecular formula is C22H21ClN2O4S. The van der Waals surface area contributed by atoms with Gasteiger partial charge in [0.25, 0.3) is 15.9 Å². The molecule has 0 bridgehead atoms. The van der Waals surface area contributed by atoms with Gasteiger partial charge in [0.1, 0.15) is 10.6 Å². The zero-order valence-corrected chi connectivity index (χ0v) is 18.3. The fourth-order valence-electron chi connectivity index (χ4n) is 2.86. The van der Waals surface area contributed by atoms with Crippen molar-refractivity contribution in [3.05, 3.63) is 82.4 Å². The van der Waals surface area contributed by atoms with E-state index < -0.39 is 15.9 Å². The number of sulfonamides is 1. The van der Waals surface area contributed by atoms with E-state index in [1.54, 1.807) is 30.3 Å². The SMILES string of the molecule is COc1ccccc1NS(=O)(=O)c1cc(C(=O)Nc2cccc(C)c2C)ccc1Cl. The molecule has 1 amide bonds. The summed E-state index contributed by atoms with van der Waals surface area (Å²) >= 11 is 6.15. The highest BCUT2D eigenvalue weighted by Crippen LogP contribution is 2.29. The number of nitrogens with one attached hydrogen (secondary N) is 2. The summed E-state index contributed by atoms with van der Waals surface area (Å²) in [6, 6.07) is 16.3. The van der Waals surface area contributed by atoms with Gasteiger partial charge >= 0.3 is 0 Å². The Morgan fingerprint density at radius 2 is 1.67 bits per heavy atom. The van der Waals surface area contributed by atoms with Crippen molar-refractivity contribution >= 4 is 38.9 Å². The minimum absolute atomic E-state index is 0.000633. The Balaban J connectivity index is 1.92. The van der Waals surface area contributed by atoms with Crippen molar-refractivity contribution in [2.45, 2.75) is 18.7 Å². The van der Waals surface area contributed by atoms with Crippen molar-refractivity contribution in [2.75, 3.05) is 17.1 Å². The molecule has 0 unspecified atom stereocenters. The van der Waals surface area contributed by atoms with E-state index in [1.807, 2.05) is 26.0 Å². The number of benzene rings is 3. The molecule has 156 valence electrons. The molecule has 30 heavy (non-hydrogen) atoms. The van der Waals surface area contributed by atoms with E-state index in [2.05, 4.69) is 10.0 Å². The first-order valence-corrected chi connectivity index (χ1v) is 10.9. The maximum absolute atomic E-state index is 12.9. The second kappa shape index (κ2) is 8.77. The van der Waals surface area contributed by atoms with E-state index in [-0.39, 0.29) is 21.2 Å². The van der Waals surface area contributed by atoms with Crippen molar-refractivity contribution in [1.29, 1.82) is 0 Å². The van der Waals surface area contributed by atoms with Crippen LogP contribution in [-0.4, -0.2) is 21.4 Å². The Morgan fingerprint density at radius 3 is 2.40 bits per heavy atom.